The number of benzene rings is 1. The number of anilines is 1. The molecular weight excluding hydrogens is 246 g/mol. The number of carbonyl (C=O) groups excluding carboxylic acids is 2. The predicted molar refractivity (Wildman–Crippen MR) is 72.7 cm³/mol. The lowest BCUT2D eigenvalue weighted by molar-refractivity contribution is 0.0555. The lowest BCUT2D eigenvalue weighted by atomic mass is 10.1. The maximum Gasteiger partial charge on any atom is 0.338 e. The monoisotopic (exact) mass is 265 g/mol. The van der Waals surface area contributed by atoms with E-state index in [4.69, 9.17) is 4.74 Å². The lowest BCUT2D eigenvalue weighted by Crippen LogP contribution is -2.23. The molecule has 5 heteroatoms. The summed E-state index contributed by atoms with van der Waals surface area (Å²) in [5.74, 6) is -1.10. The van der Waals surface area contributed by atoms with E-state index in [-0.39, 0.29) is 11.1 Å². The highest BCUT2D eigenvalue weighted by atomic mass is 16.5. The van der Waals surface area contributed by atoms with Gasteiger partial charge in [-0.15, -0.1) is 0 Å². The number of methoxy groups -OCH3 is 2. The Morgan fingerprint density at radius 2 is 1.53 bits per heavy atom. The van der Waals surface area contributed by atoms with Crippen molar-refractivity contribution in [2.24, 2.45) is 0 Å². The first-order chi connectivity index (χ1) is 9.08. The van der Waals surface area contributed by atoms with Gasteiger partial charge in [0.2, 0.25) is 0 Å². The minimum absolute atomic E-state index is 0.213. The number of esters is 2. The van der Waals surface area contributed by atoms with Gasteiger partial charge in [-0.05, 0) is 32.0 Å². The number of carbonyl (C=O) groups is 2. The third-order valence-electron chi connectivity index (χ3n) is 2.94. The van der Waals surface area contributed by atoms with Crippen LogP contribution in [0.5, 0.6) is 0 Å². The van der Waals surface area contributed by atoms with Crippen molar-refractivity contribution >= 4 is 17.6 Å². The summed E-state index contributed by atoms with van der Waals surface area (Å²) in [5, 5.41) is 0. The maximum atomic E-state index is 11.8. The summed E-state index contributed by atoms with van der Waals surface area (Å²) in [5.41, 5.74) is 1.31. The van der Waals surface area contributed by atoms with Crippen LogP contribution in [-0.2, 0) is 9.47 Å². The Kier molecular flexibility index (Phi) is 5.36. The van der Waals surface area contributed by atoms with Gasteiger partial charge in [-0.25, -0.2) is 9.59 Å². The highest BCUT2D eigenvalue weighted by molar-refractivity contribution is 6.03. The Balaban J connectivity index is 3.30. The van der Waals surface area contributed by atoms with Gasteiger partial charge in [-0.2, -0.15) is 0 Å². The third kappa shape index (κ3) is 3.24. The van der Waals surface area contributed by atoms with Gasteiger partial charge in [0, 0.05) is 18.8 Å². The Hall–Kier alpha value is -2.04. The molecule has 104 valence electrons. The van der Waals surface area contributed by atoms with Crippen molar-refractivity contribution in [1.29, 1.82) is 0 Å². The molecule has 0 fully saturated rings. The van der Waals surface area contributed by atoms with Crippen LogP contribution in [0.3, 0.4) is 0 Å². The molecule has 0 aliphatic carbocycles. The molecular formula is C14H19NO4. The second kappa shape index (κ2) is 6.78. The van der Waals surface area contributed by atoms with Crippen LogP contribution in [0.15, 0.2) is 18.2 Å². The van der Waals surface area contributed by atoms with Crippen molar-refractivity contribution in [1.82, 2.24) is 0 Å². The van der Waals surface area contributed by atoms with Crippen molar-refractivity contribution in [3.8, 4) is 0 Å². The van der Waals surface area contributed by atoms with Crippen LogP contribution < -0.4 is 4.90 Å². The largest absolute Gasteiger partial charge is 0.465 e. The number of nitrogens with zero attached hydrogens (tertiary/aromatic N) is 1. The molecule has 0 heterocycles. The summed E-state index contributed by atoms with van der Waals surface area (Å²) in [4.78, 5) is 25.5. The maximum absolute atomic E-state index is 11.8. The van der Waals surface area contributed by atoms with Crippen LogP contribution in [0.4, 0.5) is 5.69 Å². The fourth-order valence-electron chi connectivity index (χ4n) is 1.88. The SMILES string of the molecule is CCN(CC)c1ccc(C(=O)OC)c(C(=O)OC)c1. The van der Waals surface area contributed by atoms with Crippen molar-refractivity contribution in [3.63, 3.8) is 0 Å². The Bertz CT molecular complexity index is 467. The first-order valence-corrected chi connectivity index (χ1v) is 6.14. The molecule has 0 unspecified atom stereocenters. The van der Waals surface area contributed by atoms with Crippen LogP contribution in [-0.4, -0.2) is 39.2 Å². The van der Waals surface area contributed by atoms with Gasteiger partial charge in [-0.3, -0.25) is 0 Å². The van der Waals surface area contributed by atoms with E-state index in [0.29, 0.717) is 0 Å². The van der Waals surface area contributed by atoms with Crippen LogP contribution in [0.25, 0.3) is 0 Å². The van der Waals surface area contributed by atoms with Crippen LogP contribution in [0, 0.1) is 0 Å². The van der Waals surface area contributed by atoms with Gasteiger partial charge in [0.05, 0.1) is 25.3 Å². The minimum Gasteiger partial charge on any atom is -0.465 e. The van der Waals surface area contributed by atoms with Gasteiger partial charge in [-0.1, -0.05) is 0 Å². The molecule has 1 aromatic carbocycles. The Morgan fingerprint density at radius 1 is 1.00 bits per heavy atom. The summed E-state index contributed by atoms with van der Waals surface area (Å²) >= 11 is 0. The van der Waals surface area contributed by atoms with Gasteiger partial charge < -0.3 is 14.4 Å². The number of ether oxygens (including phenoxy) is 2. The molecule has 1 aromatic rings. The van der Waals surface area contributed by atoms with E-state index in [1.54, 1.807) is 18.2 Å². The van der Waals surface area contributed by atoms with Gasteiger partial charge in [0.25, 0.3) is 0 Å². The first-order valence-electron chi connectivity index (χ1n) is 6.14. The van der Waals surface area contributed by atoms with Crippen molar-refractivity contribution < 1.29 is 19.1 Å². The molecule has 0 N–H and O–H groups in total. The second-order valence-corrected chi connectivity index (χ2v) is 3.89. The standard InChI is InChI=1S/C14H19NO4/c1-5-15(6-2)10-7-8-11(13(16)18-3)12(9-10)14(17)19-4/h7-9H,5-6H2,1-4H3. The molecule has 0 aromatic heterocycles. The molecule has 19 heavy (non-hydrogen) atoms. The zero-order chi connectivity index (χ0) is 14.4. The summed E-state index contributed by atoms with van der Waals surface area (Å²) in [6, 6.07) is 5.04. The molecule has 0 radical (unpaired) electrons. The first kappa shape index (κ1) is 15.0. The number of hydrogen-bond acceptors (Lipinski definition) is 5. The molecule has 0 atom stereocenters. The van der Waals surface area contributed by atoms with Crippen LogP contribution >= 0.6 is 0 Å². The summed E-state index contributed by atoms with van der Waals surface area (Å²) < 4.78 is 9.37. The average Bonchev–Trinajstić information content (AvgIpc) is 2.46. The van der Waals surface area contributed by atoms with E-state index in [1.807, 2.05) is 13.8 Å². The van der Waals surface area contributed by atoms with E-state index >= 15 is 0 Å². The van der Waals surface area contributed by atoms with Crippen LogP contribution in [0.1, 0.15) is 34.6 Å². The van der Waals surface area contributed by atoms with Gasteiger partial charge in [0.1, 0.15) is 0 Å². The molecule has 1 rings (SSSR count). The zero-order valence-corrected chi connectivity index (χ0v) is 11.7. The quantitative estimate of drug-likeness (QED) is 0.763. The smallest absolute Gasteiger partial charge is 0.338 e. The highest BCUT2D eigenvalue weighted by Crippen LogP contribution is 2.21. The van der Waals surface area contributed by atoms with Crippen molar-refractivity contribution in [2.75, 3.05) is 32.2 Å². The molecule has 0 bridgehead atoms. The summed E-state index contributed by atoms with van der Waals surface area (Å²) in [6.45, 7) is 5.68. The fraction of sp³-hybridized carbons (Fsp3) is 0.429. The van der Waals surface area contributed by atoms with Gasteiger partial charge >= 0.3 is 11.9 Å². The Morgan fingerprint density at radius 3 is 2.00 bits per heavy atom. The second-order valence-electron chi connectivity index (χ2n) is 3.89. The lowest BCUT2D eigenvalue weighted by Gasteiger charge is -2.22. The van der Waals surface area contributed by atoms with Crippen molar-refractivity contribution in [2.45, 2.75) is 13.8 Å². The average molecular weight is 265 g/mol. The third-order valence-corrected chi connectivity index (χ3v) is 2.94. The molecule has 5 nitrogen and oxygen atoms in total. The number of hydrogen-bond donors (Lipinski definition) is 0. The number of rotatable bonds is 5. The van der Waals surface area contributed by atoms with Gasteiger partial charge in [0.15, 0.2) is 0 Å². The topological polar surface area (TPSA) is 55.8 Å². The van der Waals surface area contributed by atoms with E-state index in [1.165, 1.54) is 14.2 Å². The fourth-order valence-corrected chi connectivity index (χ4v) is 1.88. The molecule has 0 aliphatic rings. The van der Waals surface area contributed by atoms with Crippen molar-refractivity contribution in [3.05, 3.63) is 29.3 Å². The molecule has 0 amide bonds. The summed E-state index contributed by atoms with van der Waals surface area (Å²) in [7, 11) is 2.56. The zero-order valence-electron chi connectivity index (χ0n) is 11.7. The molecule has 0 saturated carbocycles. The predicted octanol–water partition coefficient (Wildman–Crippen LogP) is 2.11. The normalized spacial score (nSPS) is 9.89. The van der Waals surface area contributed by atoms with E-state index < -0.39 is 11.9 Å². The Labute approximate surface area is 113 Å². The van der Waals surface area contributed by atoms with E-state index in [0.717, 1.165) is 18.8 Å². The molecule has 0 aliphatic heterocycles. The minimum atomic E-state index is -0.550. The van der Waals surface area contributed by atoms with E-state index in [9.17, 15) is 9.59 Å². The van der Waals surface area contributed by atoms with E-state index in [2.05, 4.69) is 9.64 Å². The van der Waals surface area contributed by atoms with Crippen LogP contribution in [0.2, 0.25) is 0 Å². The molecule has 0 spiro atoms. The molecule has 0 saturated heterocycles. The summed E-state index contributed by atoms with van der Waals surface area (Å²) in [6.07, 6.45) is 0. The highest BCUT2D eigenvalue weighted by Gasteiger charge is 2.19.